The number of carbonyl (C=O) groups excluding carboxylic acids is 1. The molecule has 118 valence electrons. The number of nitrogens with one attached hydrogen (secondary N) is 2. The second-order valence-corrected chi connectivity index (χ2v) is 5.66. The van der Waals surface area contributed by atoms with Gasteiger partial charge in [-0.1, -0.05) is 29.3 Å². The lowest BCUT2D eigenvalue weighted by Gasteiger charge is -2.06. The zero-order chi connectivity index (χ0) is 16.6. The van der Waals surface area contributed by atoms with Crippen LogP contribution in [0, 0.1) is 13.8 Å². The highest BCUT2D eigenvalue weighted by molar-refractivity contribution is 5.81. The predicted octanol–water partition coefficient (Wildman–Crippen LogP) is 1.75. The molecule has 0 bridgehead atoms. The van der Waals surface area contributed by atoms with Crippen LogP contribution in [0.1, 0.15) is 11.1 Å². The van der Waals surface area contributed by atoms with E-state index >= 15 is 0 Å². The number of aromatic amines is 1. The Morgan fingerprint density at radius 1 is 1.17 bits per heavy atom. The lowest BCUT2D eigenvalue weighted by Crippen LogP contribution is -2.28. The van der Waals surface area contributed by atoms with Crippen molar-refractivity contribution in [2.75, 3.05) is 7.05 Å². The number of pyridine rings is 1. The van der Waals surface area contributed by atoms with Gasteiger partial charge in [-0.05, 0) is 25.5 Å². The number of amides is 1. The molecule has 1 amide bonds. The molecule has 0 radical (unpaired) electrons. The van der Waals surface area contributed by atoms with Gasteiger partial charge >= 0.3 is 5.69 Å². The number of hydrogen-bond acceptors (Lipinski definition) is 3. The van der Waals surface area contributed by atoms with Gasteiger partial charge in [0.1, 0.15) is 6.54 Å². The Morgan fingerprint density at radius 2 is 1.87 bits per heavy atom. The van der Waals surface area contributed by atoms with Crippen LogP contribution in [0.25, 0.3) is 22.3 Å². The number of rotatable bonds is 3. The second-order valence-electron chi connectivity index (χ2n) is 5.66. The van der Waals surface area contributed by atoms with Crippen molar-refractivity contribution in [3.05, 3.63) is 52.1 Å². The highest BCUT2D eigenvalue weighted by Gasteiger charge is 2.12. The molecule has 3 rings (SSSR count). The van der Waals surface area contributed by atoms with E-state index in [2.05, 4.69) is 33.5 Å². The fourth-order valence-electron chi connectivity index (χ4n) is 2.71. The Bertz CT molecular complexity index is 933. The molecule has 0 aliphatic carbocycles. The molecule has 0 unspecified atom stereocenters. The molecule has 23 heavy (non-hydrogen) atoms. The first-order valence-corrected chi connectivity index (χ1v) is 7.36. The third-order valence-electron chi connectivity index (χ3n) is 3.76. The minimum atomic E-state index is -0.339. The highest BCUT2D eigenvalue weighted by atomic mass is 16.2. The Morgan fingerprint density at radius 3 is 2.52 bits per heavy atom. The molecular formula is C17H18N4O2. The summed E-state index contributed by atoms with van der Waals surface area (Å²) >= 11 is 0. The summed E-state index contributed by atoms with van der Waals surface area (Å²) in [5, 5.41) is 2.52. The van der Waals surface area contributed by atoms with Gasteiger partial charge in [0.15, 0.2) is 5.65 Å². The summed E-state index contributed by atoms with van der Waals surface area (Å²) in [4.78, 5) is 30.6. The maximum atomic E-state index is 12.0. The molecule has 1 aromatic carbocycles. The van der Waals surface area contributed by atoms with Crippen molar-refractivity contribution in [3.63, 3.8) is 0 Å². The lowest BCUT2D eigenvalue weighted by molar-refractivity contribution is -0.121. The molecule has 0 aliphatic rings. The average Bonchev–Trinajstić information content (AvgIpc) is 2.81. The minimum absolute atomic E-state index is 0.0344. The van der Waals surface area contributed by atoms with Crippen molar-refractivity contribution in [2.24, 2.45) is 0 Å². The molecule has 0 aliphatic heterocycles. The largest absolute Gasteiger partial charge is 0.358 e. The van der Waals surface area contributed by atoms with Gasteiger partial charge in [-0.3, -0.25) is 14.3 Å². The number of likely N-dealkylation sites (N-methyl/N-ethyl adjacent to an activating group) is 1. The van der Waals surface area contributed by atoms with E-state index in [1.165, 1.54) is 4.57 Å². The molecule has 6 nitrogen and oxygen atoms in total. The summed E-state index contributed by atoms with van der Waals surface area (Å²) in [6, 6.07) is 8.14. The van der Waals surface area contributed by atoms with Gasteiger partial charge in [0.05, 0.1) is 5.52 Å². The molecule has 0 saturated heterocycles. The Labute approximate surface area is 133 Å². The number of aromatic nitrogens is 3. The number of H-pyrrole nitrogens is 1. The molecular weight excluding hydrogens is 292 g/mol. The molecule has 0 saturated carbocycles. The number of imidazole rings is 1. The van der Waals surface area contributed by atoms with Crippen LogP contribution in [0.3, 0.4) is 0 Å². The van der Waals surface area contributed by atoms with E-state index in [9.17, 15) is 9.59 Å². The number of fused-ring (bicyclic) bond motifs is 1. The van der Waals surface area contributed by atoms with Gasteiger partial charge in [0, 0.05) is 18.8 Å². The van der Waals surface area contributed by atoms with E-state index in [1.54, 1.807) is 13.2 Å². The zero-order valence-electron chi connectivity index (χ0n) is 13.3. The summed E-state index contributed by atoms with van der Waals surface area (Å²) in [5.41, 5.74) is 5.04. The number of benzene rings is 1. The van der Waals surface area contributed by atoms with Gasteiger partial charge in [0.25, 0.3) is 0 Å². The molecule has 3 aromatic rings. The molecule has 0 atom stereocenters. The minimum Gasteiger partial charge on any atom is -0.358 e. The van der Waals surface area contributed by atoms with E-state index in [-0.39, 0.29) is 18.1 Å². The van der Waals surface area contributed by atoms with E-state index in [1.807, 2.05) is 19.9 Å². The predicted molar refractivity (Wildman–Crippen MR) is 89.3 cm³/mol. The summed E-state index contributed by atoms with van der Waals surface area (Å²) in [5.74, 6) is -0.232. The molecule has 2 N–H and O–H groups in total. The fourth-order valence-corrected chi connectivity index (χ4v) is 2.71. The monoisotopic (exact) mass is 310 g/mol. The molecule has 6 heteroatoms. The third-order valence-corrected chi connectivity index (χ3v) is 3.76. The van der Waals surface area contributed by atoms with Gasteiger partial charge < -0.3 is 5.32 Å². The van der Waals surface area contributed by atoms with Crippen LogP contribution >= 0.6 is 0 Å². The van der Waals surface area contributed by atoms with Crippen LogP contribution in [-0.4, -0.2) is 27.5 Å². The van der Waals surface area contributed by atoms with Crippen molar-refractivity contribution in [1.29, 1.82) is 0 Å². The van der Waals surface area contributed by atoms with E-state index in [0.29, 0.717) is 11.2 Å². The summed E-state index contributed by atoms with van der Waals surface area (Å²) in [6.45, 7) is 4.05. The summed E-state index contributed by atoms with van der Waals surface area (Å²) < 4.78 is 1.40. The third kappa shape index (κ3) is 2.88. The second kappa shape index (κ2) is 5.72. The zero-order valence-corrected chi connectivity index (χ0v) is 13.3. The van der Waals surface area contributed by atoms with Gasteiger partial charge in [-0.2, -0.15) is 0 Å². The van der Waals surface area contributed by atoms with Crippen LogP contribution in [0.5, 0.6) is 0 Å². The van der Waals surface area contributed by atoms with Gasteiger partial charge in [0.2, 0.25) is 5.91 Å². The molecule has 0 fully saturated rings. The number of nitrogens with zero attached hydrogens (tertiary/aromatic N) is 2. The first-order chi connectivity index (χ1) is 11.0. The Kier molecular flexibility index (Phi) is 3.73. The summed E-state index contributed by atoms with van der Waals surface area (Å²) in [7, 11) is 1.54. The van der Waals surface area contributed by atoms with E-state index in [4.69, 9.17) is 0 Å². The van der Waals surface area contributed by atoms with Crippen LogP contribution in [0.15, 0.2) is 35.3 Å². The van der Waals surface area contributed by atoms with Crippen LogP contribution in [0.4, 0.5) is 0 Å². The number of aryl methyl sites for hydroxylation is 2. The average molecular weight is 310 g/mol. The van der Waals surface area contributed by atoms with E-state index < -0.39 is 0 Å². The first kappa shape index (κ1) is 15.0. The van der Waals surface area contributed by atoms with Gasteiger partial charge in [-0.15, -0.1) is 0 Å². The van der Waals surface area contributed by atoms with Crippen molar-refractivity contribution in [2.45, 2.75) is 20.4 Å². The van der Waals surface area contributed by atoms with E-state index in [0.717, 1.165) is 22.3 Å². The maximum Gasteiger partial charge on any atom is 0.328 e. The highest BCUT2D eigenvalue weighted by Crippen LogP contribution is 2.24. The van der Waals surface area contributed by atoms with Crippen molar-refractivity contribution >= 4 is 17.1 Å². The standard InChI is InChI=1S/C17H18N4O2/c1-10-4-11(2)6-12(5-10)13-7-14-16(19-8-13)20-17(23)21(14)9-15(22)18-3/h4-8H,9H2,1-3H3,(H,18,22)(H,19,20,23). The molecule has 0 spiro atoms. The number of carbonyl (C=O) groups is 1. The van der Waals surface area contributed by atoms with Crippen molar-refractivity contribution in [1.82, 2.24) is 19.9 Å². The van der Waals surface area contributed by atoms with Crippen molar-refractivity contribution < 1.29 is 4.79 Å². The van der Waals surface area contributed by atoms with Crippen LogP contribution < -0.4 is 11.0 Å². The van der Waals surface area contributed by atoms with Crippen LogP contribution in [-0.2, 0) is 11.3 Å². The van der Waals surface area contributed by atoms with Crippen LogP contribution in [0.2, 0.25) is 0 Å². The van der Waals surface area contributed by atoms with Crippen molar-refractivity contribution in [3.8, 4) is 11.1 Å². The lowest BCUT2D eigenvalue weighted by atomic mass is 10.0. The quantitative estimate of drug-likeness (QED) is 0.773. The number of hydrogen-bond donors (Lipinski definition) is 2. The smallest absolute Gasteiger partial charge is 0.328 e. The fraction of sp³-hybridized carbons (Fsp3) is 0.235. The summed E-state index contributed by atoms with van der Waals surface area (Å²) in [6.07, 6.45) is 1.73. The molecule has 2 aromatic heterocycles. The Hall–Kier alpha value is -2.89. The SMILES string of the molecule is CNC(=O)Cn1c(=O)[nH]c2ncc(-c3cc(C)cc(C)c3)cc21. The maximum absolute atomic E-state index is 12.0. The topological polar surface area (TPSA) is 79.8 Å². The normalized spacial score (nSPS) is 10.9. The Balaban J connectivity index is 2.15. The first-order valence-electron chi connectivity index (χ1n) is 7.36. The van der Waals surface area contributed by atoms with Gasteiger partial charge in [-0.25, -0.2) is 9.78 Å². The molecule has 2 heterocycles.